The van der Waals surface area contributed by atoms with E-state index in [0.29, 0.717) is 48.4 Å². The molecular formula is C50H56F4N8O8. The van der Waals surface area contributed by atoms with Crippen LogP contribution in [0, 0.1) is 46.9 Å². The number of urea groups is 2. The van der Waals surface area contributed by atoms with Crippen LogP contribution >= 0.6 is 0 Å². The highest BCUT2D eigenvalue weighted by Gasteiger charge is 2.59. The second-order valence-electron chi connectivity index (χ2n) is 17.5. The van der Waals surface area contributed by atoms with E-state index in [0.717, 1.165) is 36.4 Å². The van der Waals surface area contributed by atoms with Gasteiger partial charge < -0.3 is 50.4 Å². The van der Waals surface area contributed by atoms with E-state index in [4.69, 9.17) is 0 Å². The van der Waals surface area contributed by atoms with Gasteiger partial charge in [-0.1, -0.05) is 38.2 Å². The number of aromatic nitrogens is 2. The van der Waals surface area contributed by atoms with Gasteiger partial charge >= 0.3 is 12.1 Å². The van der Waals surface area contributed by atoms with Gasteiger partial charge in [0, 0.05) is 85.9 Å². The summed E-state index contributed by atoms with van der Waals surface area (Å²) in [6, 6.07) is 7.40. The number of rotatable bonds is 12. The Morgan fingerprint density at radius 2 is 1.00 bits per heavy atom. The highest BCUT2D eigenvalue weighted by Crippen LogP contribution is 2.50. The number of nitrogens with zero attached hydrogens (tertiary/aromatic N) is 4. The van der Waals surface area contributed by atoms with E-state index >= 15 is 0 Å². The standard InChI is InChI=1S/2C25H28F2N4O4/c2*1-3-5-14-6-9-19-22-21(23(33)28-10-4-2)16(13-32)20(12-30(19)24(14)34)31(22)25(35)29-18-11-15(26)7-8-17(18)27/h2*3,5-9,11,16,20-22,32H,4,10,12-13H2,1-2H3,(H,28,33)(H,29,35)/b5-3+;5-3-/t2*16-,20-,21+,22+/m00/s1. The zero-order chi connectivity index (χ0) is 50.6. The highest BCUT2D eigenvalue weighted by atomic mass is 19.1. The van der Waals surface area contributed by atoms with E-state index in [9.17, 15) is 56.5 Å². The monoisotopic (exact) mass is 972 g/mol. The van der Waals surface area contributed by atoms with Crippen LogP contribution in [0.2, 0.25) is 0 Å². The number of hydrogen-bond acceptors (Lipinski definition) is 8. The van der Waals surface area contributed by atoms with Crippen LogP contribution in [0.25, 0.3) is 12.2 Å². The van der Waals surface area contributed by atoms with Crippen molar-refractivity contribution in [3.8, 4) is 0 Å². The van der Waals surface area contributed by atoms with Crippen LogP contribution in [0.15, 0.2) is 82.4 Å². The first-order valence-corrected chi connectivity index (χ1v) is 23.2. The lowest BCUT2D eigenvalue weighted by molar-refractivity contribution is -0.128. The summed E-state index contributed by atoms with van der Waals surface area (Å²) in [7, 11) is 0. The summed E-state index contributed by atoms with van der Waals surface area (Å²) >= 11 is 0. The van der Waals surface area contributed by atoms with Gasteiger partial charge in [0.25, 0.3) is 11.1 Å². The number of halogens is 4. The first-order valence-electron chi connectivity index (χ1n) is 23.2. The van der Waals surface area contributed by atoms with E-state index in [1.165, 1.54) is 18.9 Å². The Labute approximate surface area is 400 Å². The first kappa shape index (κ1) is 50.8. The second-order valence-corrected chi connectivity index (χ2v) is 17.5. The minimum atomic E-state index is -0.883. The van der Waals surface area contributed by atoms with Crippen molar-refractivity contribution in [2.75, 3.05) is 36.9 Å². The maximum atomic E-state index is 14.2. The zero-order valence-electron chi connectivity index (χ0n) is 39.0. The lowest BCUT2D eigenvalue weighted by atomic mass is 9.86. The van der Waals surface area contributed by atoms with E-state index < -0.39 is 96.4 Å². The average molecular weight is 973 g/mol. The maximum Gasteiger partial charge on any atom is 0.322 e. The van der Waals surface area contributed by atoms with Crippen LogP contribution in [0.3, 0.4) is 0 Å². The first-order chi connectivity index (χ1) is 33.6. The van der Waals surface area contributed by atoms with Gasteiger partial charge in [-0.05, 0) is 75.2 Å². The lowest BCUT2D eigenvalue weighted by Gasteiger charge is -2.38. The Kier molecular flexibility index (Phi) is 15.8. The van der Waals surface area contributed by atoms with Crippen LogP contribution in [0.4, 0.5) is 38.5 Å². The number of aliphatic hydroxyl groups is 2. The van der Waals surface area contributed by atoms with Crippen molar-refractivity contribution < 1.29 is 47.0 Å². The Hall–Kier alpha value is -7.06. The molecule has 6 N–H and O–H groups in total. The third kappa shape index (κ3) is 9.61. The van der Waals surface area contributed by atoms with Gasteiger partial charge in [-0.15, -0.1) is 0 Å². The molecule has 8 atom stereocenters. The molecule has 20 heteroatoms. The number of allylic oxidation sites excluding steroid dienone is 2. The van der Waals surface area contributed by atoms with Crippen molar-refractivity contribution in [2.45, 2.75) is 77.8 Å². The number of pyridine rings is 2. The molecule has 2 aromatic carbocycles. The van der Waals surface area contributed by atoms with Crippen LogP contribution in [-0.4, -0.2) is 91.4 Å². The van der Waals surface area contributed by atoms with Gasteiger partial charge in [-0.3, -0.25) is 19.2 Å². The molecule has 70 heavy (non-hydrogen) atoms. The van der Waals surface area contributed by atoms with Crippen LogP contribution in [0.1, 0.15) is 75.1 Å². The molecule has 4 bridgehead atoms. The molecule has 0 aliphatic carbocycles. The molecule has 16 nitrogen and oxygen atoms in total. The summed E-state index contributed by atoms with van der Waals surface area (Å²) in [5, 5.41) is 31.0. The van der Waals surface area contributed by atoms with Crippen molar-refractivity contribution in [2.24, 2.45) is 23.7 Å². The molecule has 4 aliphatic heterocycles. The number of aliphatic hydroxyl groups excluding tert-OH is 2. The smallest absolute Gasteiger partial charge is 0.322 e. The summed E-state index contributed by atoms with van der Waals surface area (Å²) in [4.78, 5) is 82.3. The van der Waals surface area contributed by atoms with E-state index in [-0.39, 0.29) is 47.4 Å². The Bertz CT molecular complexity index is 2650. The largest absolute Gasteiger partial charge is 0.396 e. The number of fused-ring (bicyclic) bond motifs is 8. The normalized spacial score (nSPS) is 22.8. The number of benzene rings is 2. The lowest BCUT2D eigenvalue weighted by Crippen LogP contribution is -2.50. The van der Waals surface area contributed by atoms with E-state index in [1.807, 2.05) is 13.8 Å². The second kappa shape index (κ2) is 21.7. The maximum absolute atomic E-state index is 14.2. The van der Waals surface area contributed by atoms with Gasteiger partial charge in [0.15, 0.2) is 0 Å². The molecule has 0 unspecified atom stereocenters. The van der Waals surface area contributed by atoms with Gasteiger partial charge in [0.2, 0.25) is 11.8 Å². The Morgan fingerprint density at radius 1 is 0.614 bits per heavy atom. The molecule has 4 aliphatic rings. The number of carbonyl (C=O) groups is 4. The van der Waals surface area contributed by atoms with Crippen molar-refractivity contribution >= 4 is 47.4 Å². The molecule has 6 heterocycles. The molecular weight excluding hydrogens is 917 g/mol. The van der Waals surface area contributed by atoms with Gasteiger partial charge in [-0.25, -0.2) is 27.2 Å². The van der Waals surface area contributed by atoms with Crippen LogP contribution in [0.5, 0.6) is 0 Å². The fourth-order valence-electron chi connectivity index (χ4n) is 10.3. The average Bonchev–Trinajstić information content (AvgIpc) is 3.74. The molecule has 2 fully saturated rings. The third-order valence-electron chi connectivity index (χ3n) is 13.4. The molecule has 8 rings (SSSR count). The summed E-state index contributed by atoms with van der Waals surface area (Å²) in [5.74, 6) is -6.74. The molecule has 2 aromatic heterocycles. The summed E-state index contributed by atoms with van der Waals surface area (Å²) in [6.07, 6.45) is 8.23. The number of amides is 6. The third-order valence-corrected chi connectivity index (χ3v) is 13.4. The molecule has 2 saturated heterocycles. The molecule has 0 saturated carbocycles. The molecule has 372 valence electrons. The predicted octanol–water partition coefficient (Wildman–Crippen LogP) is 5.76. The molecule has 6 amide bonds. The fourth-order valence-corrected chi connectivity index (χ4v) is 10.3. The summed E-state index contributed by atoms with van der Waals surface area (Å²) in [5.41, 5.74) is 0.604. The number of anilines is 2. The summed E-state index contributed by atoms with van der Waals surface area (Å²) in [6.45, 7) is 7.54. The quantitative estimate of drug-likeness (QED) is 0.0961. The van der Waals surface area contributed by atoms with E-state index in [2.05, 4.69) is 21.3 Å². The van der Waals surface area contributed by atoms with E-state index in [1.54, 1.807) is 62.4 Å². The Morgan fingerprint density at radius 3 is 1.34 bits per heavy atom. The Balaban J connectivity index is 0.000000206. The minimum absolute atomic E-state index is 0.0535. The number of nitrogens with one attached hydrogen (secondary N) is 4. The minimum Gasteiger partial charge on any atom is -0.396 e. The van der Waals surface area contributed by atoms with Crippen LogP contribution < -0.4 is 32.4 Å². The summed E-state index contributed by atoms with van der Waals surface area (Å²) < 4.78 is 58.9. The highest BCUT2D eigenvalue weighted by molar-refractivity contribution is 5.93. The van der Waals surface area contributed by atoms with Gasteiger partial charge in [-0.2, -0.15) is 0 Å². The van der Waals surface area contributed by atoms with Crippen molar-refractivity contribution in [1.29, 1.82) is 0 Å². The molecule has 0 spiro atoms. The fraction of sp³-hybridized carbons (Fsp3) is 0.400. The topological polar surface area (TPSA) is 207 Å². The number of hydrogen-bond donors (Lipinski definition) is 6. The SMILES string of the molecule is C/C=C/c1ccc2n(c1=O)C[C@H]1[C@H](CO)[C@@H](C(=O)NCCC)[C@@H]2N1C(=O)Nc1cc(F)ccc1F.C/C=C\c1ccc2n(c1=O)C[C@H]1[C@H](CO)[C@@H](C(=O)NCCC)[C@@H]2N1C(=O)Nc1cc(F)ccc1F. The van der Waals surface area contributed by atoms with Crippen LogP contribution in [-0.2, 0) is 22.7 Å². The molecule has 4 aromatic rings. The van der Waals surface area contributed by atoms with Crippen molar-refractivity contribution in [3.63, 3.8) is 0 Å². The molecule has 0 radical (unpaired) electrons. The number of carbonyl (C=O) groups excluding carboxylic acids is 4. The van der Waals surface area contributed by atoms with Gasteiger partial charge in [0.05, 0.1) is 47.4 Å². The van der Waals surface area contributed by atoms with Crippen molar-refractivity contribution in [1.82, 2.24) is 29.6 Å². The predicted molar refractivity (Wildman–Crippen MR) is 253 cm³/mol. The van der Waals surface area contributed by atoms with Gasteiger partial charge in [0.1, 0.15) is 23.3 Å². The van der Waals surface area contributed by atoms with Crippen molar-refractivity contribution in [3.05, 3.63) is 139 Å². The zero-order valence-corrected chi connectivity index (χ0v) is 39.0.